The minimum Gasteiger partial charge on any atom is -0.481 e. The molecule has 7 nitrogen and oxygen atoms in total. The molecule has 57 heavy (non-hydrogen) atoms. The first-order chi connectivity index (χ1) is 26.7. The van der Waals surface area contributed by atoms with Gasteiger partial charge in [-0.1, -0.05) is 91.0 Å². The smallest absolute Gasteiger partial charge is 0.309 e. The van der Waals surface area contributed by atoms with Crippen molar-refractivity contribution in [3.05, 3.63) is 62.5 Å². The zero-order valence-electron chi connectivity index (χ0n) is 36.7. The third-order valence-corrected chi connectivity index (χ3v) is 17.8. The van der Waals surface area contributed by atoms with E-state index in [-0.39, 0.29) is 45.2 Å². The molecule has 1 N–H and O–H groups in total. The number of nitrogens with zero attached hydrogens (tertiary/aromatic N) is 2. The molecule has 1 aromatic heterocycles. The van der Waals surface area contributed by atoms with Gasteiger partial charge < -0.3 is 9.84 Å². The molecule has 8 atom stereocenters. The first kappa shape index (κ1) is 42.3. The van der Waals surface area contributed by atoms with Crippen molar-refractivity contribution in [3.63, 3.8) is 0 Å². The molecule has 0 amide bonds. The highest BCUT2D eigenvalue weighted by Gasteiger charge is 2.70. The summed E-state index contributed by atoms with van der Waals surface area (Å²) in [6.07, 6.45) is 13.8. The molecule has 1 heterocycles. The lowest BCUT2D eigenvalue weighted by Crippen LogP contribution is -2.66. The van der Waals surface area contributed by atoms with Crippen molar-refractivity contribution in [2.24, 2.45) is 50.7 Å². The number of allylic oxidation sites excluding steroid dienone is 2. The SMILES string of the molecule is CCCCCn1c(C23CCC(C(C)C)=C2C2CCC4C5(C)CCC(OC(=O)CC(C)(C)C(=O)O)C(C)(C)C5CCC4(C)C2(C)CC3)cc(=O)n1-c1ccc(Cl)cc1. The van der Waals surface area contributed by atoms with Crippen molar-refractivity contribution < 1.29 is 19.4 Å². The minimum absolute atomic E-state index is 0.0558. The number of hydrogen-bond donors (Lipinski definition) is 1. The maximum atomic E-state index is 14.2. The molecule has 4 fully saturated rings. The molecular formula is C49H71ClN2O5. The second kappa shape index (κ2) is 14.7. The van der Waals surface area contributed by atoms with Gasteiger partial charge in [-0.2, -0.15) is 0 Å². The number of carbonyl (C=O) groups excluding carboxylic acids is 1. The molecule has 2 aromatic rings. The minimum atomic E-state index is -1.15. The van der Waals surface area contributed by atoms with Crippen molar-refractivity contribution in [2.45, 2.75) is 177 Å². The molecule has 5 aliphatic carbocycles. The third kappa shape index (κ3) is 6.52. The van der Waals surface area contributed by atoms with Crippen LogP contribution in [0.2, 0.25) is 5.02 Å². The number of esters is 1. The van der Waals surface area contributed by atoms with Crippen molar-refractivity contribution in [3.8, 4) is 5.69 Å². The Balaban J connectivity index is 1.24. The van der Waals surface area contributed by atoms with E-state index in [4.69, 9.17) is 16.3 Å². The molecule has 1 aromatic carbocycles. The van der Waals surface area contributed by atoms with E-state index in [9.17, 15) is 19.5 Å². The van der Waals surface area contributed by atoms with Gasteiger partial charge in [-0.25, -0.2) is 4.68 Å². The summed E-state index contributed by atoms with van der Waals surface area (Å²) in [5, 5.41) is 10.3. The lowest BCUT2D eigenvalue weighted by molar-refractivity contribution is -0.232. The molecular weight excluding hydrogens is 732 g/mol. The number of carboxylic acid groups (broad SMARTS) is 1. The van der Waals surface area contributed by atoms with Crippen LogP contribution in [0.4, 0.5) is 0 Å². The quantitative estimate of drug-likeness (QED) is 0.139. The lowest BCUT2D eigenvalue weighted by atomic mass is 9.33. The Hall–Kier alpha value is -2.80. The van der Waals surface area contributed by atoms with Gasteiger partial charge in [-0.3, -0.25) is 19.1 Å². The molecule has 8 unspecified atom stereocenters. The van der Waals surface area contributed by atoms with E-state index in [1.54, 1.807) is 25.0 Å². The molecule has 0 bridgehead atoms. The Morgan fingerprint density at radius 2 is 1.61 bits per heavy atom. The highest BCUT2D eigenvalue weighted by molar-refractivity contribution is 6.30. The number of rotatable bonds is 11. The summed E-state index contributed by atoms with van der Waals surface area (Å²) in [7, 11) is 0. The summed E-state index contributed by atoms with van der Waals surface area (Å²) in [6, 6.07) is 9.78. The molecule has 7 rings (SSSR count). The molecule has 0 radical (unpaired) electrons. The zero-order chi connectivity index (χ0) is 41.5. The zero-order valence-corrected chi connectivity index (χ0v) is 37.5. The normalized spacial score (nSPS) is 34.7. The van der Waals surface area contributed by atoms with E-state index in [1.807, 2.05) is 35.0 Å². The summed E-state index contributed by atoms with van der Waals surface area (Å²) in [5.41, 5.74) is 4.38. The van der Waals surface area contributed by atoms with Crippen molar-refractivity contribution in [1.82, 2.24) is 9.36 Å². The standard InChI is InChI=1S/C49H71ClN2O5/c1-11-12-13-28-51-38(29-40(53)52(51)33-16-14-32(50)15-17-33)49-25-20-34(31(2)3)42(49)35-18-19-37-46(8)23-22-39(57-41(54)30-44(4,5)43(55)56)45(6,7)36(46)21-24-48(37,10)47(35,9)26-27-49/h14-17,29,31,35-37,39H,11-13,18-28,30H2,1-10H3,(H,55,56). The highest BCUT2D eigenvalue weighted by atomic mass is 35.5. The number of fused-ring (bicyclic) bond motifs is 7. The maximum absolute atomic E-state index is 14.2. The van der Waals surface area contributed by atoms with Gasteiger partial charge in [0.05, 0.1) is 23.2 Å². The Morgan fingerprint density at radius 3 is 2.26 bits per heavy atom. The molecule has 0 saturated heterocycles. The van der Waals surface area contributed by atoms with Crippen LogP contribution in [0.5, 0.6) is 0 Å². The Kier molecular flexibility index (Phi) is 10.9. The van der Waals surface area contributed by atoms with E-state index in [0.29, 0.717) is 28.7 Å². The van der Waals surface area contributed by atoms with E-state index in [2.05, 4.69) is 60.1 Å². The van der Waals surface area contributed by atoms with Gasteiger partial charge in [0, 0.05) is 28.5 Å². The number of aliphatic carboxylic acids is 1. The van der Waals surface area contributed by atoms with Gasteiger partial charge in [0.1, 0.15) is 6.10 Å². The Labute approximate surface area is 347 Å². The summed E-state index contributed by atoms with van der Waals surface area (Å²) in [6.45, 7) is 23.6. The number of ether oxygens (including phenoxy) is 1. The lowest BCUT2D eigenvalue weighted by Gasteiger charge is -2.72. The van der Waals surface area contributed by atoms with Crippen LogP contribution in [0.1, 0.15) is 165 Å². The van der Waals surface area contributed by atoms with Crippen LogP contribution in [0.3, 0.4) is 0 Å². The fourth-order valence-electron chi connectivity index (χ4n) is 14.3. The molecule has 5 aliphatic rings. The Bertz CT molecular complexity index is 1970. The van der Waals surface area contributed by atoms with E-state index < -0.39 is 17.4 Å². The van der Waals surface area contributed by atoms with E-state index in [1.165, 1.54) is 18.5 Å². The average Bonchev–Trinajstić information content (AvgIpc) is 3.69. The van der Waals surface area contributed by atoms with Crippen molar-refractivity contribution in [2.75, 3.05) is 0 Å². The fourth-order valence-corrected chi connectivity index (χ4v) is 14.5. The van der Waals surface area contributed by atoms with Crippen LogP contribution in [-0.4, -0.2) is 32.5 Å². The summed E-state index contributed by atoms with van der Waals surface area (Å²) < 4.78 is 10.6. The second-order valence-corrected chi connectivity index (χ2v) is 21.9. The molecule has 8 heteroatoms. The van der Waals surface area contributed by atoms with Gasteiger partial charge in [0.2, 0.25) is 0 Å². The number of hydrogen-bond acceptors (Lipinski definition) is 4. The van der Waals surface area contributed by atoms with E-state index >= 15 is 0 Å². The number of carbonyl (C=O) groups is 2. The second-order valence-electron chi connectivity index (χ2n) is 21.5. The highest BCUT2D eigenvalue weighted by Crippen LogP contribution is 2.77. The van der Waals surface area contributed by atoms with Crippen LogP contribution in [0, 0.1) is 50.7 Å². The summed E-state index contributed by atoms with van der Waals surface area (Å²) in [4.78, 5) is 39.3. The predicted molar refractivity (Wildman–Crippen MR) is 229 cm³/mol. The average molecular weight is 804 g/mol. The Morgan fingerprint density at radius 1 is 0.912 bits per heavy atom. The van der Waals surface area contributed by atoms with Gasteiger partial charge in [0.15, 0.2) is 0 Å². The van der Waals surface area contributed by atoms with Gasteiger partial charge in [0.25, 0.3) is 5.56 Å². The monoisotopic (exact) mass is 803 g/mol. The first-order valence-corrected chi connectivity index (χ1v) is 22.8. The van der Waals surface area contributed by atoms with Crippen molar-refractivity contribution >= 4 is 23.5 Å². The molecule has 4 saturated carbocycles. The number of carboxylic acids is 1. The first-order valence-electron chi connectivity index (χ1n) is 22.4. The number of halogens is 1. The van der Waals surface area contributed by atoms with Crippen LogP contribution in [-0.2, 0) is 26.3 Å². The molecule has 314 valence electrons. The number of aromatic nitrogens is 2. The van der Waals surface area contributed by atoms with Crippen LogP contribution in [0.15, 0.2) is 46.3 Å². The molecule has 0 spiro atoms. The topological polar surface area (TPSA) is 90.5 Å². The predicted octanol–water partition coefficient (Wildman–Crippen LogP) is 11.9. The van der Waals surface area contributed by atoms with Crippen LogP contribution < -0.4 is 5.56 Å². The number of unbranched alkanes of at least 4 members (excludes halogenated alkanes) is 2. The fraction of sp³-hybridized carbons (Fsp3) is 0.735. The maximum Gasteiger partial charge on any atom is 0.309 e. The van der Waals surface area contributed by atoms with Crippen molar-refractivity contribution in [1.29, 1.82) is 0 Å². The largest absolute Gasteiger partial charge is 0.481 e. The van der Waals surface area contributed by atoms with Gasteiger partial charge in [-0.05, 0) is 149 Å². The van der Waals surface area contributed by atoms with Gasteiger partial charge in [-0.15, -0.1) is 0 Å². The van der Waals surface area contributed by atoms with Gasteiger partial charge >= 0.3 is 11.9 Å². The van der Waals surface area contributed by atoms with Crippen LogP contribution in [0.25, 0.3) is 5.69 Å². The molecule has 0 aliphatic heterocycles. The third-order valence-electron chi connectivity index (χ3n) is 17.6. The number of benzene rings is 1. The summed E-state index contributed by atoms with van der Waals surface area (Å²) in [5.74, 6) is 0.523. The van der Waals surface area contributed by atoms with Crippen LogP contribution >= 0.6 is 11.6 Å². The van der Waals surface area contributed by atoms with E-state index in [0.717, 1.165) is 82.9 Å². The summed E-state index contributed by atoms with van der Waals surface area (Å²) >= 11 is 6.34.